The van der Waals surface area contributed by atoms with E-state index in [1.54, 1.807) is 35.4 Å². The molecule has 0 aliphatic carbocycles. The molecule has 0 fully saturated rings. The number of nitrogens with one attached hydrogen (secondary N) is 1. The Morgan fingerprint density at radius 1 is 1.16 bits per heavy atom. The molecule has 8 heteroatoms. The van der Waals surface area contributed by atoms with Crippen molar-refractivity contribution in [2.24, 2.45) is 0 Å². The van der Waals surface area contributed by atoms with Crippen molar-refractivity contribution >= 4 is 29.0 Å². The highest BCUT2D eigenvalue weighted by Gasteiger charge is 2.12. The average Bonchev–Trinajstić information content (AvgIpc) is 3.47. The van der Waals surface area contributed by atoms with E-state index < -0.39 is 0 Å². The molecule has 1 amide bonds. The van der Waals surface area contributed by atoms with Crippen LogP contribution in [0.15, 0.2) is 74.9 Å². The third-order valence-electron chi connectivity index (χ3n) is 4.32. The quantitative estimate of drug-likeness (QED) is 0.343. The van der Waals surface area contributed by atoms with E-state index in [1.165, 1.54) is 0 Å². The standard InChI is InChI=1S/C23H21N3O3S2/c1-2-28-18-8-6-16(7-9-18)20-15-31-23(26-20)30-14-19-10-11-21(29-19)22(27)25-13-17-5-3-4-12-24-17/h3-12,15H,2,13-14H2,1H3,(H,25,27). The number of thiazole rings is 1. The molecule has 3 aromatic heterocycles. The van der Waals surface area contributed by atoms with Crippen LogP contribution >= 0.6 is 23.1 Å². The van der Waals surface area contributed by atoms with Gasteiger partial charge in [-0.2, -0.15) is 0 Å². The summed E-state index contributed by atoms with van der Waals surface area (Å²) in [7, 11) is 0. The largest absolute Gasteiger partial charge is 0.494 e. The summed E-state index contributed by atoms with van der Waals surface area (Å²) in [5.41, 5.74) is 2.78. The van der Waals surface area contributed by atoms with Gasteiger partial charge in [0.2, 0.25) is 0 Å². The molecule has 0 aliphatic rings. The van der Waals surface area contributed by atoms with Crippen molar-refractivity contribution in [3.63, 3.8) is 0 Å². The Hall–Kier alpha value is -3.10. The average molecular weight is 452 g/mol. The Balaban J connectivity index is 1.30. The van der Waals surface area contributed by atoms with Gasteiger partial charge >= 0.3 is 0 Å². The van der Waals surface area contributed by atoms with Gasteiger partial charge in [-0.15, -0.1) is 11.3 Å². The lowest BCUT2D eigenvalue weighted by Crippen LogP contribution is -2.22. The lowest BCUT2D eigenvalue weighted by atomic mass is 10.2. The topological polar surface area (TPSA) is 77.2 Å². The van der Waals surface area contributed by atoms with Crippen molar-refractivity contribution in [1.29, 1.82) is 0 Å². The van der Waals surface area contributed by atoms with Crippen LogP contribution in [0.3, 0.4) is 0 Å². The number of amides is 1. The van der Waals surface area contributed by atoms with E-state index in [0.29, 0.717) is 24.7 Å². The predicted octanol–water partition coefficient (Wildman–Crippen LogP) is 5.42. The molecule has 4 rings (SSSR count). The molecule has 1 N–H and O–H groups in total. The third-order valence-corrected chi connectivity index (χ3v) is 6.37. The smallest absolute Gasteiger partial charge is 0.287 e. The Morgan fingerprint density at radius 3 is 2.81 bits per heavy atom. The van der Waals surface area contributed by atoms with Crippen LogP contribution < -0.4 is 10.1 Å². The van der Waals surface area contributed by atoms with E-state index in [-0.39, 0.29) is 5.91 Å². The zero-order valence-corrected chi connectivity index (χ0v) is 18.5. The number of benzene rings is 1. The highest BCUT2D eigenvalue weighted by atomic mass is 32.2. The number of rotatable bonds is 9. The molecular formula is C23H21N3O3S2. The molecule has 0 saturated heterocycles. The summed E-state index contributed by atoms with van der Waals surface area (Å²) in [6.45, 7) is 2.98. The van der Waals surface area contributed by atoms with E-state index in [4.69, 9.17) is 9.15 Å². The number of nitrogens with zero attached hydrogens (tertiary/aromatic N) is 2. The van der Waals surface area contributed by atoms with Crippen molar-refractivity contribution in [3.8, 4) is 17.0 Å². The Labute approximate surface area is 188 Å². The van der Waals surface area contributed by atoms with E-state index in [0.717, 1.165) is 32.8 Å². The minimum Gasteiger partial charge on any atom is -0.494 e. The van der Waals surface area contributed by atoms with Crippen LogP contribution in [-0.2, 0) is 12.3 Å². The van der Waals surface area contributed by atoms with Crippen LogP contribution in [0.1, 0.15) is 28.9 Å². The molecule has 0 saturated carbocycles. The number of hydrogen-bond acceptors (Lipinski definition) is 7. The first-order valence-electron chi connectivity index (χ1n) is 9.79. The van der Waals surface area contributed by atoms with Gasteiger partial charge in [0.25, 0.3) is 5.91 Å². The number of ether oxygens (including phenoxy) is 1. The Bertz CT molecular complexity index is 1120. The summed E-state index contributed by atoms with van der Waals surface area (Å²) in [5.74, 6) is 2.22. The molecule has 3 heterocycles. The van der Waals surface area contributed by atoms with Crippen LogP contribution in [0.2, 0.25) is 0 Å². The minimum absolute atomic E-state index is 0.256. The monoisotopic (exact) mass is 451 g/mol. The first kappa shape index (κ1) is 21.1. The highest BCUT2D eigenvalue weighted by Crippen LogP contribution is 2.31. The van der Waals surface area contributed by atoms with Crippen LogP contribution in [0.5, 0.6) is 5.75 Å². The number of thioether (sulfide) groups is 1. The van der Waals surface area contributed by atoms with Gasteiger partial charge in [0.1, 0.15) is 11.5 Å². The summed E-state index contributed by atoms with van der Waals surface area (Å²) < 4.78 is 12.1. The molecule has 0 aliphatic heterocycles. The summed E-state index contributed by atoms with van der Waals surface area (Å²) >= 11 is 3.17. The van der Waals surface area contributed by atoms with Gasteiger partial charge in [-0.05, 0) is 55.5 Å². The fraction of sp³-hybridized carbons (Fsp3) is 0.174. The zero-order valence-electron chi connectivity index (χ0n) is 16.9. The fourth-order valence-electron chi connectivity index (χ4n) is 2.82. The van der Waals surface area contributed by atoms with Gasteiger partial charge in [-0.3, -0.25) is 9.78 Å². The third kappa shape index (κ3) is 5.74. The van der Waals surface area contributed by atoms with E-state index >= 15 is 0 Å². The van der Waals surface area contributed by atoms with Crippen molar-refractivity contribution in [2.75, 3.05) is 6.61 Å². The number of pyridine rings is 1. The molecule has 0 radical (unpaired) electrons. The molecule has 6 nitrogen and oxygen atoms in total. The maximum atomic E-state index is 12.3. The molecule has 0 unspecified atom stereocenters. The predicted molar refractivity (Wildman–Crippen MR) is 122 cm³/mol. The lowest BCUT2D eigenvalue weighted by molar-refractivity contribution is 0.0921. The molecule has 158 valence electrons. The number of furan rings is 1. The summed E-state index contributed by atoms with van der Waals surface area (Å²) in [6.07, 6.45) is 1.70. The zero-order chi connectivity index (χ0) is 21.5. The van der Waals surface area contributed by atoms with E-state index in [1.807, 2.05) is 60.8 Å². The van der Waals surface area contributed by atoms with Gasteiger partial charge in [-0.1, -0.05) is 17.8 Å². The number of carbonyl (C=O) groups is 1. The van der Waals surface area contributed by atoms with Crippen molar-refractivity contribution < 1.29 is 13.9 Å². The SMILES string of the molecule is CCOc1ccc(-c2csc(SCc3ccc(C(=O)NCc4ccccn4)o3)n2)cc1. The summed E-state index contributed by atoms with van der Waals surface area (Å²) in [5, 5.41) is 4.85. The van der Waals surface area contributed by atoms with Crippen LogP contribution in [0.4, 0.5) is 0 Å². The normalized spacial score (nSPS) is 10.7. The maximum absolute atomic E-state index is 12.3. The van der Waals surface area contributed by atoms with Gasteiger partial charge < -0.3 is 14.5 Å². The molecular weight excluding hydrogens is 430 g/mol. The molecule has 31 heavy (non-hydrogen) atoms. The van der Waals surface area contributed by atoms with Gasteiger partial charge in [0.05, 0.1) is 30.3 Å². The number of hydrogen-bond donors (Lipinski definition) is 1. The first-order valence-corrected chi connectivity index (χ1v) is 11.7. The molecule has 4 aromatic rings. The molecule has 0 atom stereocenters. The van der Waals surface area contributed by atoms with Crippen LogP contribution in [-0.4, -0.2) is 22.5 Å². The maximum Gasteiger partial charge on any atom is 0.287 e. The molecule has 1 aromatic carbocycles. The van der Waals surface area contributed by atoms with Gasteiger partial charge in [0, 0.05) is 17.1 Å². The van der Waals surface area contributed by atoms with Crippen molar-refractivity contribution in [2.45, 2.75) is 23.6 Å². The Kier molecular flexibility index (Phi) is 7.01. The highest BCUT2D eigenvalue weighted by molar-refractivity contribution is 8.00. The van der Waals surface area contributed by atoms with Crippen molar-refractivity contribution in [3.05, 3.63) is 83.4 Å². The lowest BCUT2D eigenvalue weighted by Gasteiger charge is -2.03. The van der Waals surface area contributed by atoms with E-state index in [9.17, 15) is 4.79 Å². The molecule has 0 spiro atoms. The second-order valence-corrected chi connectivity index (χ2v) is 8.60. The van der Waals surface area contributed by atoms with E-state index in [2.05, 4.69) is 15.3 Å². The van der Waals surface area contributed by atoms with Gasteiger partial charge in [0.15, 0.2) is 10.1 Å². The minimum atomic E-state index is -0.256. The van der Waals surface area contributed by atoms with Crippen LogP contribution in [0.25, 0.3) is 11.3 Å². The number of aromatic nitrogens is 2. The number of carbonyl (C=O) groups excluding carboxylic acids is 1. The summed E-state index contributed by atoms with van der Waals surface area (Å²) in [6, 6.07) is 17.0. The first-order chi connectivity index (χ1) is 15.2. The second-order valence-electron chi connectivity index (χ2n) is 6.51. The van der Waals surface area contributed by atoms with Crippen LogP contribution in [0, 0.1) is 0 Å². The second kappa shape index (κ2) is 10.3. The molecule has 0 bridgehead atoms. The fourth-order valence-corrected chi connectivity index (χ4v) is 4.55. The summed E-state index contributed by atoms with van der Waals surface area (Å²) in [4.78, 5) is 21.1. The Morgan fingerprint density at radius 2 is 2.03 bits per heavy atom. The van der Waals surface area contributed by atoms with Crippen molar-refractivity contribution in [1.82, 2.24) is 15.3 Å². The van der Waals surface area contributed by atoms with Gasteiger partial charge in [-0.25, -0.2) is 4.98 Å².